The maximum atomic E-state index is 12.4. The van der Waals surface area contributed by atoms with Crippen LogP contribution in [0.3, 0.4) is 0 Å². The Morgan fingerprint density at radius 2 is 1.95 bits per heavy atom. The van der Waals surface area contributed by atoms with Crippen molar-refractivity contribution in [1.82, 2.24) is 0 Å². The van der Waals surface area contributed by atoms with E-state index in [1.54, 1.807) is 42.5 Å². The highest BCUT2D eigenvalue weighted by Gasteiger charge is 2.14. The average Bonchev–Trinajstić information content (AvgIpc) is 2.50. The third-order valence-corrected chi connectivity index (χ3v) is 3.08. The topological polar surface area (TPSA) is 47.6 Å². The Morgan fingerprint density at radius 1 is 1.19 bits per heavy atom. The molecule has 1 amide bonds. The molecule has 21 heavy (non-hydrogen) atoms. The van der Waals surface area contributed by atoms with Crippen molar-refractivity contribution in [2.75, 3.05) is 19.0 Å². The number of rotatable bonds is 5. The fraction of sp³-hybridized carbons (Fsp3) is 0.188. The molecule has 0 saturated carbocycles. The van der Waals surface area contributed by atoms with E-state index in [2.05, 4.69) is 5.32 Å². The Morgan fingerprint density at radius 3 is 2.67 bits per heavy atom. The first-order valence-electron chi connectivity index (χ1n) is 6.52. The van der Waals surface area contributed by atoms with E-state index < -0.39 is 0 Å². The van der Waals surface area contributed by atoms with Crippen LogP contribution in [0.15, 0.2) is 42.5 Å². The molecule has 0 aliphatic carbocycles. The lowest BCUT2D eigenvalue weighted by Gasteiger charge is -2.13. The maximum absolute atomic E-state index is 12.4. The largest absolute Gasteiger partial charge is 0.496 e. The van der Waals surface area contributed by atoms with Gasteiger partial charge in [-0.1, -0.05) is 23.7 Å². The van der Waals surface area contributed by atoms with Gasteiger partial charge in [0, 0.05) is 5.02 Å². The highest BCUT2D eigenvalue weighted by atomic mass is 35.5. The minimum atomic E-state index is -0.282. The van der Waals surface area contributed by atoms with Crippen LogP contribution in [0.25, 0.3) is 0 Å². The predicted molar refractivity (Wildman–Crippen MR) is 83.6 cm³/mol. The summed E-state index contributed by atoms with van der Waals surface area (Å²) in [6, 6.07) is 12.1. The number of para-hydroxylation sites is 1. The summed E-state index contributed by atoms with van der Waals surface area (Å²) in [7, 11) is 1.52. The number of amides is 1. The van der Waals surface area contributed by atoms with E-state index in [4.69, 9.17) is 21.1 Å². The van der Waals surface area contributed by atoms with Gasteiger partial charge in [-0.15, -0.1) is 0 Å². The number of anilines is 1. The zero-order chi connectivity index (χ0) is 15.2. The Kier molecular flexibility index (Phi) is 5.06. The average molecular weight is 306 g/mol. The molecule has 0 saturated heterocycles. The Labute approximate surface area is 128 Å². The second-order valence-electron chi connectivity index (χ2n) is 4.23. The SMILES string of the molecule is CCOc1ccc(Cl)cc1NC(=O)c1ccccc1OC. The molecule has 110 valence electrons. The van der Waals surface area contributed by atoms with Gasteiger partial charge in [-0.05, 0) is 37.3 Å². The first kappa shape index (κ1) is 15.2. The lowest BCUT2D eigenvalue weighted by Crippen LogP contribution is -2.14. The van der Waals surface area contributed by atoms with Crippen molar-refractivity contribution < 1.29 is 14.3 Å². The molecule has 2 rings (SSSR count). The van der Waals surface area contributed by atoms with Gasteiger partial charge in [-0.3, -0.25) is 4.79 Å². The standard InChI is InChI=1S/C16H16ClNO3/c1-3-21-15-9-8-11(17)10-13(15)18-16(19)12-6-4-5-7-14(12)20-2/h4-10H,3H2,1-2H3,(H,18,19). The van der Waals surface area contributed by atoms with Gasteiger partial charge in [-0.2, -0.15) is 0 Å². The summed E-state index contributed by atoms with van der Waals surface area (Å²) in [6.45, 7) is 2.37. The summed E-state index contributed by atoms with van der Waals surface area (Å²) in [6.07, 6.45) is 0. The summed E-state index contributed by atoms with van der Waals surface area (Å²) >= 11 is 5.97. The Hall–Kier alpha value is -2.20. The number of nitrogens with one attached hydrogen (secondary N) is 1. The molecule has 0 aromatic heterocycles. The van der Waals surface area contributed by atoms with Crippen molar-refractivity contribution in [3.63, 3.8) is 0 Å². The Bertz CT molecular complexity index is 643. The van der Waals surface area contributed by atoms with E-state index in [-0.39, 0.29) is 5.91 Å². The van der Waals surface area contributed by atoms with Gasteiger partial charge in [-0.25, -0.2) is 0 Å². The van der Waals surface area contributed by atoms with E-state index in [0.29, 0.717) is 34.4 Å². The first-order valence-corrected chi connectivity index (χ1v) is 6.90. The van der Waals surface area contributed by atoms with Crippen molar-refractivity contribution in [3.8, 4) is 11.5 Å². The van der Waals surface area contributed by atoms with E-state index in [1.165, 1.54) is 7.11 Å². The smallest absolute Gasteiger partial charge is 0.259 e. The summed E-state index contributed by atoms with van der Waals surface area (Å²) < 4.78 is 10.7. The fourth-order valence-corrected chi connectivity index (χ4v) is 2.08. The number of carbonyl (C=O) groups is 1. The number of ether oxygens (including phenoxy) is 2. The highest BCUT2D eigenvalue weighted by Crippen LogP contribution is 2.29. The van der Waals surface area contributed by atoms with E-state index in [1.807, 2.05) is 6.92 Å². The molecule has 5 heteroatoms. The van der Waals surface area contributed by atoms with Crippen LogP contribution >= 0.6 is 11.6 Å². The number of halogens is 1. The second kappa shape index (κ2) is 6.99. The molecule has 1 N–H and O–H groups in total. The number of carbonyl (C=O) groups excluding carboxylic acids is 1. The zero-order valence-corrected chi connectivity index (χ0v) is 12.6. The molecule has 0 aliphatic heterocycles. The number of hydrogen-bond acceptors (Lipinski definition) is 3. The van der Waals surface area contributed by atoms with Gasteiger partial charge in [0.15, 0.2) is 0 Å². The number of hydrogen-bond donors (Lipinski definition) is 1. The molecule has 0 aliphatic rings. The van der Waals surface area contributed by atoms with Crippen LogP contribution in [-0.4, -0.2) is 19.6 Å². The number of benzene rings is 2. The number of methoxy groups -OCH3 is 1. The van der Waals surface area contributed by atoms with Crippen LogP contribution in [-0.2, 0) is 0 Å². The molecule has 0 fully saturated rings. The van der Waals surface area contributed by atoms with Crippen LogP contribution in [0, 0.1) is 0 Å². The molecule has 0 bridgehead atoms. The van der Waals surface area contributed by atoms with Gasteiger partial charge in [0.25, 0.3) is 5.91 Å². The summed E-state index contributed by atoms with van der Waals surface area (Å²) in [5.41, 5.74) is 0.975. The fourth-order valence-electron chi connectivity index (χ4n) is 1.90. The summed E-state index contributed by atoms with van der Waals surface area (Å²) in [5, 5.41) is 3.32. The molecule has 0 atom stereocenters. The van der Waals surface area contributed by atoms with Gasteiger partial charge in [0.2, 0.25) is 0 Å². The second-order valence-corrected chi connectivity index (χ2v) is 4.66. The highest BCUT2D eigenvalue weighted by molar-refractivity contribution is 6.31. The minimum absolute atomic E-state index is 0.282. The van der Waals surface area contributed by atoms with Crippen LogP contribution < -0.4 is 14.8 Å². The van der Waals surface area contributed by atoms with E-state index in [9.17, 15) is 4.79 Å². The molecule has 0 spiro atoms. The normalized spacial score (nSPS) is 10.0. The molecule has 2 aromatic carbocycles. The molecular formula is C16H16ClNO3. The molecule has 0 unspecified atom stereocenters. The van der Waals surface area contributed by atoms with Crippen LogP contribution in [0.1, 0.15) is 17.3 Å². The molecular weight excluding hydrogens is 290 g/mol. The lowest BCUT2D eigenvalue weighted by molar-refractivity contribution is 0.102. The van der Waals surface area contributed by atoms with E-state index >= 15 is 0 Å². The van der Waals surface area contributed by atoms with Crippen molar-refractivity contribution in [3.05, 3.63) is 53.1 Å². The third-order valence-electron chi connectivity index (χ3n) is 2.84. The lowest BCUT2D eigenvalue weighted by atomic mass is 10.2. The summed E-state index contributed by atoms with van der Waals surface area (Å²) in [4.78, 5) is 12.4. The van der Waals surface area contributed by atoms with Gasteiger partial charge >= 0.3 is 0 Å². The van der Waals surface area contributed by atoms with Gasteiger partial charge < -0.3 is 14.8 Å². The van der Waals surface area contributed by atoms with E-state index in [0.717, 1.165) is 0 Å². The van der Waals surface area contributed by atoms with Gasteiger partial charge in [0.1, 0.15) is 11.5 Å². The molecule has 2 aromatic rings. The zero-order valence-electron chi connectivity index (χ0n) is 11.9. The van der Waals surface area contributed by atoms with Gasteiger partial charge in [0.05, 0.1) is 25.0 Å². The first-order chi connectivity index (χ1) is 10.2. The molecule has 4 nitrogen and oxygen atoms in total. The van der Waals surface area contributed by atoms with Crippen LogP contribution in [0.2, 0.25) is 5.02 Å². The van der Waals surface area contributed by atoms with Crippen molar-refractivity contribution in [2.45, 2.75) is 6.92 Å². The van der Waals surface area contributed by atoms with Crippen molar-refractivity contribution >= 4 is 23.2 Å². The molecule has 0 radical (unpaired) electrons. The van der Waals surface area contributed by atoms with Crippen molar-refractivity contribution in [1.29, 1.82) is 0 Å². The summed E-state index contributed by atoms with van der Waals surface area (Å²) in [5.74, 6) is 0.802. The monoisotopic (exact) mass is 305 g/mol. The predicted octanol–water partition coefficient (Wildman–Crippen LogP) is 4.00. The van der Waals surface area contributed by atoms with Crippen LogP contribution in [0.4, 0.5) is 5.69 Å². The quantitative estimate of drug-likeness (QED) is 0.908. The van der Waals surface area contributed by atoms with Crippen molar-refractivity contribution in [2.24, 2.45) is 0 Å². The minimum Gasteiger partial charge on any atom is -0.496 e. The third kappa shape index (κ3) is 3.67. The molecule has 0 heterocycles. The van der Waals surface area contributed by atoms with Crippen LogP contribution in [0.5, 0.6) is 11.5 Å². The maximum Gasteiger partial charge on any atom is 0.259 e. The Balaban J connectivity index is 2.29.